The molecule has 5 heteroatoms. The van der Waals surface area contributed by atoms with Crippen molar-refractivity contribution in [2.45, 2.75) is 32.1 Å². The van der Waals surface area contributed by atoms with Gasteiger partial charge in [0.1, 0.15) is 0 Å². The molecule has 170 valence electrons. The largest absolute Gasteiger partial charge is 0.355 e. The number of likely N-dealkylation sites (tertiary alicyclic amines) is 2. The van der Waals surface area contributed by atoms with Crippen LogP contribution in [0.1, 0.15) is 30.4 Å². The highest BCUT2D eigenvalue weighted by atomic mass is 16.2. The van der Waals surface area contributed by atoms with E-state index < -0.39 is 0 Å². The molecule has 0 radical (unpaired) electrons. The smallest absolute Gasteiger partial charge is 0.225 e. The lowest BCUT2D eigenvalue weighted by molar-refractivity contribution is -0.129. The molecule has 0 unspecified atom stereocenters. The molecule has 0 aromatic heterocycles. The zero-order chi connectivity index (χ0) is 22.2. The number of carbonyl (C=O) groups excluding carboxylic acids is 2. The lowest BCUT2D eigenvalue weighted by Gasteiger charge is -2.32. The minimum Gasteiger partial charge on any atom is -0.355 e. The van der Waals surface area contributed by atoms with Crippen molar-refractivity contribution in [1.29, 1.82) is 0 Å². The van der Waals surface area contributed by atoms with Crippen LogP contribution in [-0.4, -0.2) is 60.9 Å². The van der Waals surface area contributed by atoms with Crippen molar-refractivity contribution in [3.8, 4) is 0 Å². The molecule has 32 heavy (non-hydrogen) atoms. The maximum Gasteiger partial charge on any atom is 0.225 e. The molecule has 5 nitrogen and oxygen atoms in total. The van der Waals surface area contributed by atoms with Crippen LogP contribution in [0.25, 0.3) is 0 Å². The third-order valence-corrected chi connectivity index (χ3v) is 6.90. The number of hydrogen-bond acceptors (Lipinski definition) is 3. The minimum absolute atomic E-state index is 0.0273. The highest BCUT2D eigenvalue weighted by Crippen LogP contribution is 2.22. The van der Waals surface area contributed by atoms with E-state index >= 15 is 0 Å². The minimum atomic E-state index is -0.213. The number of rotatable bonds is 9. The maximum absolute atomic E-state index is 12.6. The van der Waals surface area contributed by atoms with E-state index in [4.69, 9.17) is 0 Å². The van der Waals surface area contributed by atoms with Gasteiger partial charge < -0.3 is 15.1 Å². The van der Waals surface area contributed by atoms with Crippen molar-refractivity contribution in [1.82, 2.24) is 15.1 Å². The number of piperidine rings is 1. The van der Waals surface area contributed by atoms with E-state index in [0.29, 0.717) is 26.1 Å². The average Bonchev–Trinajstić information content (AvgIpc) is 3.21. The second-order valence-corrected chi connectivity index (χ2v) is 9.24. The molecule has 0 bridgehead atoms. The second kappa shape index (κ2) is 11.3. The van der Waals surface area contributed by atoms with E-state index in [0.717, 1.165) is 32.0 Å². The Morgan fingerprint density at radius 3 is 2.25 bits per heavy atom. The van der Waals surface area contributed by atoms with Crippen molar-refractivity contribution < 1.29 is 9.59 Å². The van der Waals surface area contributed by atoms with Gasteiger partial charge in [0, 0.05) is 32.6 Å². The highest BCUT2D eigenvalue weighted by molar-refractivity contribution is 5.89. The molecule has 4 rings (SSSR count). The van der Waals surface area contributed by atoms with Gasteiger partial charge in [-0.1, -0.05) is 60.7 Å². The summed E-state index contributed by atoms with van der Waals surface area (Å²) in [6.07, 6.45) is 4.78. The van der Waals surface area contributed by atoms with Gasteiger partial charge in [-0.2, -0.15) is 0 Å². The molecule has 2 amide bonds. The summed E-state index contributed by atoms with van der Waals surface area (Å²) < 4.78 is 0. The molecule has 2 fully saturated rings. The molecule has 2 saturated heterocycles. The van der Waals surface area contributed by atoms with Crippen LogP contribution < -0.4 is 5.32 Å². The van der Waals surface area contributed by atoms with Crippen LogP contribution in [0, 0.1) is 11.8 Å². The Kier molecular flexibility index (Phi) is 7.94. The molecular formula is C27H35N3O2. The van der Waals surface area contributed by atoms with Crippen LogP contribution in [0.15, 0.2) is 60.7 Å². The summed E-state index contributed by atoms with van der Waals surface area (Å²) in [5, 5.41) is 3.08. The van der Waals surface area contributed by atoms with E-state index in [1.165, 1.54) is 30.4 Å². The molecule has 2 aliphatic rings. The molecule has 1 N–H and O–H groups in total. The Hall–Kier alpha value is -2.66. The number of benzene rings is 2. The zero-order valence-corrected chi connectivity index (χ0v) is 18.9. The number of nitrogens with one attached hydrogen (secondary N) is 1. The van der Waals surface area contributed by atoms with Gasteiger partial charge in [0.2, 0.25) is 11.8 Å². The second-order valence-electron chi connectivity index (χ2n) is 9.24. The van der Waals surface area contributed by atoms with E-state index in [-0.39, 0.29) is 17.7 Å². The first-order valence-electron chi connectivity index (χ1n) is 12.0. The summed E-state index contributed by atoms with van der Waals surface area (Å²) in [5.41, 5.74) is 2.66. The Labute approximate surface area is 191 Å². The Balaban J connectivity index is 1.12. The van der Waals surface area contributed by atoms with Gasteiger partial charge in [0.05, 0.1) is 5.92 Å². The molecule has 2 aromatic carbocycles. The van der Waals surface area contributed by atoms with E-state index in [1.807, 2.05) is 23.1 Å². The van der Waals surface area contributed by atoms with Gasteiger partial charge in [-0.3, -0.25) is 9.59 Å². The third kappa shape index (κ3) is 6.42. The summed E-state index contributed by atoms with van der Waals surface area (Å²) >= 11 is 0. The fourth-order valence-electron chi connectivity index (χ4n) is 4.92. The summed E-state index contributed by atoms with van der Waals surface area (Å²) in [6, 6.07) is 20.9. The van der Waals surface area contributed by atoms with Crippen molar-refractivity contribution >= 4 is 11.8 Å². The van der Waals surface area contributed by atoms with Gasteiger partial charge in [-0.05, 0) is 55.8 Å². The van der Waals surface area contributed by atoms with Crippen LogP contribution in [0.3, 0.4) is 0 Å². The van der Waals surface area contributed by atoms with Crippen LogP contribution in [0.2, 0.25) is 0 Å². The van der Waals surface area contributed by atoms with Gasteiger partial charge in [-0.25, -0.2) is 0 Å². The summed E-state index contributed by atoms with van der Waals surface area (Å²) in [4.78, 5) is 29.2. The number of amides is 2. The molecule has 2 aliphatic heterocycles. The number of carbonyl (C=O) groups is 2. The topological polar surface area (TPSA) is 52.7 Å². The fourth-order valence-corrected chi connectivity index (χ4v) is 4.92. The normalized spacial score (nSPS) is 19.9. The predicted molar refractivity (Wildman–Crippen MR) is 127 cm³/mol. The quantitative estimate of drug-likeness (QED) is 0.661. The maximum atomic E-state index is 12.6. The van der Waals surface area contributed by atoms with Crippen molar-refractivity contribution in [3.05, 3.63) is 71.8 Å². The first-order valence-corrected chi connectivity index (χ1v) is 12.0. The molecule has 2 heterocycles. The SMILES string of the molecule is O=C(NCCN1CCC(Cc2ccccc2)CC1)[C@@H]1CC(=O)N(CCc2ccccc2)C1. The van der Waals surface area contributed by atoms with Crippen LogP contribution in [-0.2, 0) is 22.4 Å². The lowest BCUT2D eigenvalue weighted by Crippen LogP contribution is -2.41. The summed E-state index contributed by atoms with van der Waals surface area (Å²) in [6.45, 7) is 4.98. The monoisotopic (exact) mass is 433 g/mol. The number of nitrogens with zero attached hydrogens (tertiary/aromatic N) is 2. The first kappa shape index (κ1) is 22.5. The highest BCUT2D eigenvalue weighted by Gasteiger charge is 2.33. The number of hydrogen-bond donors (Lipinski definition) is 1. The third-order valence-electron chi connectivity index (χ3n) is 6.90. The standard InChI is InChI=1S/C27H35N3O2/c31-26-20-25(21-30(26)17-13-22-7-3-1-4-8-22)27(32)28-14-18-29-15-11-24(12-16-29)19-23-9-5-2-6-10-23/h1-10,24-25H,11-21H2,(H,28,32)/t25-/m1/s1. The summed E-state index contributed by atoms with van der Waals surface area (Å²) in [5.74, 6) is 0.672. The van der Waals surface area contributed by atoms with Crippen LogP contribution in [0.4, 0.5) is 0 Å². The van der Waals surface area contributed by atoms with Crippen molar-refractivity contribution in [2.24, 2.45) is 11.8 Å². The molecular weight excluding hydrogens is 398 g/mol. The fraction of sp³-hybridized carbons (Fsp3) is 0.481. The van der Waals surface area contributed by atoms with Crippen LogP contribution in [0.5, 0.6) is 0 Å². The van der Waals surface area contributed by atoms with E-state index in [2.05, 4.69) is 52.7 Å². The zero-order valence-electron chi connectivity index (χ0n) is 18.9. The average molecular weight is 434 g/mol. The van der Waals surface area contributed by atoms with E-state index in [9.17, 15) is 9.59 Å². The molecule has 1 atom stereocenters. The van der Waals surface area contributed by atoms with Crippen molar-refractivity contribution in [2.75, 3.05) is 39.3 Å². The molecule has 0 spiro atoms. The van der Waals surface area contributed by atoms with Gasteiger partial charge in [-0.15, -0.1) is 0 Å². The van der Waals surface area contributed by atoms with Gasteiger partial charge >= 0.3 is 0 Å². The first-order chi connectivity index (χ1) is 15.7. The molecule has 2 aromatic rings. The van der Waals surface area contributed by atoms with Crippen molar-refractivity contribution in [3.63, 3.8) is 0 Å². The lowest BCUT2D eigenvalue weighted by atomic mass is 9.90. The Morgan fingerprint density at radius 1 is 0.906 bits per heavy atom. The Bertz CT molecular complexity index is 863. The van der Waals surface area contributed by atoms with Gasteiger partial charge in [0.25, 0.3) is 0 Å². The van der Waals surface area contributed by atoms with E-state index in [1.54, 1.807) is 0 Å². The molecule has 0 saturated carbocycles. The predicted octanol–water partition coefficient (Wildman–Crippen LogP) is 3.15. The van der Waals surface area contributed by atoms with Gasteiger partial charge in [0.15, 0.2) is 0 Å². The Morgan fingerprint density at radius 2 is 1.56 bits per heavy atom. The summed E-state index contributed by atoms with van der Waals surface area (Å²) in [7, 11) is 0. The molecule has 0 aliphatic carbocycles. The van der Waals surface area contributed by atoms with Crippen LogP contribution >= 0.6 is 0 Å².